The fourth-order valence-corrected chi connectivity index (χ4v) is 3.91. The quantitative estimate of drug-likeness (QED) is 0.537. The lowest BCUT2D eigenvalue weighted by Gasteiger charge is -2.13. The van der Waals surface area contributed by atoms with Crippen LogP contribution in [0.2, 0.25) is 0 Å². The van der Waals surface area contributed by atoms with Crippen molar-refractivity contribution >= 4 is 21.6 Å². The van der Waals surface area contributed by atoms with Crippen molar-refractivity contribution in [3.63, 3.8) is 0 Å². The molecule has 0 heterocycles. The number of aryl methyl sites for hydroxylation is 2. The van der Waals surface area contributed by atoms with E-state index in [0.717, 1.165) is 16.9 Å². The Morgan fingerprint density at radius 3 is 2.30 bits per heavy atom. The molecule has 1 amide bonds. The van der Waals surface area contributed by atoms with E-state index in [2.05, 4.69) is 10.0 Å². The summed E-state index contributed by atoms with van der Waals surface area (Å²) in [5.41, 5.74) is 2.43. The molecule has 0 aliphatic rings. The molecule has 30 heavy (non-hydrogen) atoms. The van der Waals surface area contributed by atoms with Crippen molar-refractivity contribution in [2.45, 2.75) is 18.7 Å². The number of sulfonamides is 1. The molecule has 0 aromatic heterocycles. The first-order chi connectivity index (χ1) is 14.4. The zero-order valence-electron chi connectivity index (χ0n) is 16.9. The van der Waals surface area contributed by atoms with Crippen LogP contribution >= 0.6 is 0 Å². The summed E-state index contributed by atoms with van der Waals surface area (Å²) >= 11 is 0. The molecule has 0 saturated heterocycles. The van der Waals surface area contributed by atoms with E-state index in [0.29, 0.717) is 6.61 Å². The summed E-state index contributed by atoms with van der Waals surface area (Å²) in [6.45, 7) is 4.41. The zero-order valence-corrected chi connectivity index (χ0v) is 17.7. The molecule has 0 radical (unpaired) electrons. The number of hydrogen-bond donors (Lipinski definition) is 2. The van der Waals surface area contributed by atoms with Crippen LogP contribution < -0.4 is 14.8 Å². The molecular formula is C23H24N2O4S. The Balaban J connectivity index is 1.65. The third-order valence-corrected chi connectivity index (χ3v) is 5.87. The second-order valence-corrected chi connectivity index (χ2v) is 8.52. The summed E-state index contributed by atoms with van der Waals surface area (Å²) in [7, 11) is -3.81. The Morgan fingerprint density at radius 2 is 1.57 bits per heavy atom. The summed E-state index contributed by atoms with van der Waals surface area (Å²) in [6.07, 6.45) is 0. The number of amides is 1. The maximum atomic E-state index is 12.7. The fourth-order valence-electron chi connectivity index (χ4n) is 2.83. The average Bonchev–Trinajstić information content (AvgIpc) is 2.72. The van der Waals surface area contributed by atoms with Crippen LogP contribution in [0, 0.1) is 13.8 Å². The van der Waals surface area contributed by atoms with Crippen molar-refractivity contribution < 1.29 is 17.9 Å². The van der Waals surface area contributed by atoms with Crippen molar-refractivity contribution in [2.24, 2.45) is 0 Å². The van der Waals surface area contributed by atoms with E-state index in [-0.39, 0.29) is 28.6 Å². The molecule has 3 rings (SSSR count). The molecule has 0 saturated carbocycles. The molecule has 156 valence electrons. The third-order valence-electron chi connectivity index (χ3n) is 4.49. The number of hydrogen-bond acceptors (Lipinski definition) is 4. The molecule has 3 aromatic carbocycles. The third kappa shape index (κ3) is 5.39. The number of rotatable bonds is 8. The van der Waals surface area contributed by atoms with Gasteiger partial charge >= 0.3 is 0 Å². The standard InChI is InChI=1S/C23H24N2O4S/c1-17-11-13-19(14-12-17)30(27,28)25-21-9-5-4-8-20(21)23(26)24-15-16-29-22-10-6-3-7-18(22)2/h3-14,25H,15-16H2,1-2H3,(H,24,26). The van der Waals surface area contributed by atoms with Crippen molar-refractivity contribution in [1.82, 2.24) is 5.32 Å². The summed E-state index contributed by atoms with van der Waals surface area (Å²) in [6, 6.07) is 20.6. The van der Waals surface area contributed by atoms with E-state index in [9.17, 15) is 13.2 Å². The highest BCUT2D eigenvalue weighted by atomic mass is 32.2. The number of carbonyl (C=O) groups excluding carboxylic acids is 1. The van der Waals surface area contributed by atoms with Crippen LogP contribution in [0.5, 0.6) is 5.75 Å². The van der Waals surface area contributed by atoms with Gasteiger partial charge in [0.1, 0.15) is 12.4 Å². The number of carbonyl (C=O) groups is 1. The first-order valence-electron chi connectivity index (χ1n) is 9.52. The summed E-state index contributed by atoms with van der Waals surface area (Å²) < 4.78 is 33.5. The molecular weight excluding hydrogens is 400 g/mol. The Hall–Kier alpha value is -3.32. The van der Waals surface area contributed by atoms with Crippen LogP contribution in [-0.4, -0.2) is 27.5 Å². The first-order valence-corrected chi connectivity index (χ1v) is 11.0. The van der Waals surface area contributed by atoms with Gasteiger partial charge in [0.05, 0.1) is 22.7 Å². The van der Waals surface area contributed by atoms with Gasteiger partial charge in [0.25, 0.3) is 15.9 Å². The lowest BCUT2D eigenvalue weighted by atomic mass is 10.1. The van der Waals surface area contributed by atoms with E-state index < -0.39 is 10.0 Å². The maximum absolute atomic E-state index is 12.7. The van der Waals surface area contributed by atoms with Crippen molar-refractivity contribution in [2.75, 3.05) is 17.9 Å². The highest BCUT2D eigenvalue weighted by Gasteiger charge is 2.18. The summed E-state index contributed by atoms with van der Waals surface area (Å²) in [5, 5.41) is 2.76. The van der Waals surface area contributed by atoms with Gasteiger partial charge in [-0.15, -0.1) is 0 Å². The van der Waals surface area contributed by atoms with Gasteiger partial charge in [-0.1, -0.05) is 48.0 Å². The molecule has 3 aromatic rings. The fraction of sp³-hybridized carbons (Fsp3) is 0.174. The minimum absolute atomic E-state index is 0.134. The van der Waals surface area contributed by atoms with Gasteiger partial charge in [-0.3, -0.25) is 9.52 Å². The second kappa shape index (κ2) is 9.45. The molecule has 0 atom stereocenters. The Kier molecular flexibility index (Phi) is 6.74. The van der Waals surface area contributed by atoms with Gasteiger partial charge in [0, 0.05) is 0 Å². The molecule has 0 bridgehead atoms. The lowest BCUT2D eigenvalue weighted by molar-refractivity contribution is 0.0948. The Labute approximate surface area is 177 Å². The largest absolute Gasteiger partial charge is 0.491 e. The second-order valence-electron chi connectivity index (χ2n) is 6.83. The predicted molar refractivity (Wildman–Crippen MR) is 117 cm³/mol. The normalized spacial score (nSPS) is 11.0. The van der Waals surface area contributed by atoms with Gasteiger partial charge in [0.15, 0.2) is 0 Å². The van der Waals surface area contributed by atoms with Gasteiger partial charge in [0.2, 0.25) is 0 Å². The molecule has 7 heteroatoms. The smallest absolute Gasteiger partial charge is 0.261 e. The van der Waals surface area contributed by atoms with Crippen LogP contribution in [0.25, 0.3) is 0 Å². The van der Waals surface area contributed by atoms with Crippen LogP contribution in [0.1, 0.15) is 21.5 Å². The summed E-state index contributed by atoms with van der Waals surface area (Å²) in [5.74, 6) is 0.378. The SMILES string of the molecule is Cc1ccc(S(=O)(=O)Nc2ccccc2C(=O)NCCOc2ccccc2C)cc1. The van der Waals surface area contributed by atoms with Crippen LogP contribution in [0.3, 0.4) is 0 Å². The van der Waals surface area contributed by atoms with E-state index in [4.69, 9.17) is 4.74 Å². The topological polar surface area (TPSA) is 84.5 Å². The number of ether oxygens (including phenoxy) is 1. The van der Waals surface area contributed by atoms with Gasteiger partial charge in [-0.2, -0.15) is 0 Å². The first kappa shape index (κ1) is 21.4. The molecule has 0 aliphatic carbocycles. The minimum atomic E-state index is -3.81. The van der Waals surface area contributed by atoms with Crippen molar-refractivity contribution in [3.05, 3.63) is 89.5 Å². The predicted octanol–water partition coefficient (Wildman–Crippen LogP) is 3.91. The zero-order chi connectivity index (χ0) is 21.6. The molecule has 6 nitrogen and oxygen atoms in total. The Bertz CT molecular complexity index is 1130. The van der Waals surface area contributed by atoms with Crippen molar-refractivity contribution in [1.29, 1.82) is 0 Å². The number of benzene rings is 3. The molecule has 2 N–H and O–H groups in total. The number of para-hydroxylation sites is 2. The van der Waals surface area contributed by atoms with Gasteiger partial charge in [-0.25, -0.2) is 8.42 Å². The van der Waals surface area contributed by atoms with E-state index in [1.54, 1.807) is 36.4 Å². The van der Waals surface area contributed by atoms with Crippen LogP contribution in [0.4, 0.5) is 5.69 Å². The monoisotopic (exact) mass is 424 g/mol. The Morgan fingerprint density at radius 1 is 0.900 bits per heavy atom. The molecule has 0 spiro atoms. The van der Waals surface area contributed by atoms with Crippen molar-refractivity contribution in [3.8, 4) is 5.75 Å². The van der Waals surface area contributed by atoms with Crippen LogP contribution in [-0.2, 0) is 10.0 Å². The maximum Gasteiger partial charge on any atom is 0.261 e. The van der Waals surface area contributed by atoms with E-state index >= 15 is 0 Å². The summed E-state index contributed by atoms with van der Waals surface area (Å²) in [4.78, 5) is 12.7. The highest BCUT2D eigenvalue weighted by molar-refractivity contribution is 7.92. The molecule has 0 aliphatic heterocycles. The van der Waals surface area contributed by atoms with Gasteiger partial charge < -0.3 is 10.1 Å². The number of anilines is 1. The van der Waals surface area contributed by atoms with E-state index in [1.807, 2.05) is 38.1 Å². The van der Waals surface area contributed by atoms with Gasteiger partial charge in [-0.05, 0) is 49.7 Å². The average molecular weight is 425 g/mol. The lowest BCUT2D eigenvalue weighted by Crippen LogP contribution is -2.29. The minimum Gasteiger partial charge on any atom is -0.491 e. The number of nitrogens with one attached hydrogen (secondary N) is 2. The highest BCUT2D eigenvalue weighted by Crippen LogP contribution is 2.20. The van der Waals surface area contributed by atoms with E-state index in [1.165, 1.54) is 12.1 Å². The molecule has 0 fully saturated rings. The van der Waals surface area contributed by atoms with Crippen LogP contribution in [0.15, 0.2) is 77.7 Å². The molecule has 0 unspecified atom stereocenters.